The van der Waals surface area contributed by atoms with Crippen LogP contribution in [0.2, 0.25) is 0 Å². The van der Waals surface area contributed by atoms with Gasteiger partial charge >= 0.3 is 7.12 Å². The monoisotopic (exact) mass is 367 g/mol. The number of pyridine rings is 1. The van der Waals surface area contributed by atoms with Crippen LogP contribution in [0, 0.1) is 17.1 Å². The van der Waals surface area contributed by atoms with Gasteiger partial charge in [-0.1, -0.05) is 6.07 Å². The zero-order valence-electron chi connectivity index (χ0n) is 15.5. The highest BCUT2D eigenvalue weighted by Crippen LogP contribution is 2.36. The van der Waals surface area contributed by atoms with Crippen LogP contribution in [0.25, 0.3) is 0 Å². The predicted molar refractivity (Wildman–Crippen MR) is 99.0 cm³/mol. The summed E-state index contributed by atoms with van der Waals surface area (Å²) in [4.78, 5) is 16.3. The van der Waals surface area contributed by atoms with Crippen LogP contribution in [0.3, 0.4) is 0 Å². The smallest absolute Gasteiger partial charge is 0.399 e. The topological polar surface area (TPSA) is 84.2 Å². The van der Waals surface area contributed by atoms with Crippen LogP contribution in [0.4, 0.5) is 10.2 Å². The molecular weight excluding hydrogens is 348 g/mol. The van der Waals surface area contributed by atoms with Gasteiger partial charge in [-0.25, -0.2) is 9.37 Å². The molecule has 1 aliphatic rings. The highest BCUT2D eigenvalue weighted by molar-refractivity contribution is 6.62. The maximum Gasteiger partial charge on any atom is 0.494 e. The van der Waals surface area contributed by atoms with E-state index in [1.165, 1.54) is 30.5 Å². The quantitative estimate of drug-likeness (QED) is 0.844. The second-order valence-corrected chi connectivity index (χ2v) is 7.32. The molecule has 2 heterocycles. The molecule has 1 amide bonds. The van der Waals surface area contributed by atoms with Crippen molar-refractivity contribution in [2.75, 3.05) is 5.32 Å². The van der Waals surface area contributed by atoms with Crippen LogP contribution < -0.4 is 10.8 Å². The van der Waals surface area contributed by atoms with Crippen LogP contribution in [0.1, 0.15) is 43.6 Å². The van der Waals surface area contributed by atoms with Crippen LogP contribution in [-0.2, 0) is 9.31 Å². The van der Waals surface area contributed by atoms with E-state index in [4.69, 9.17) is 14.6 Å². The molecule has 0 spiro atoms. The number of amides is 1. The Morgan fingerprint density at radius 1 is 1.19 bits per heavy atom. The fraction of sp³-hybridized carbons (Fsp3) is 0.316. The molecule has 1 N–H and O–H groups in total. The van der Waals surface area contributed by atoms with E-state index in [9.17, 15) is 9.18 Å². The lowest BCUT2D eigenvalue weighted by Crippen LogP contribution is -2.41. The molecule has 1 aromatic heterocycles. The Morgan fingerprint density at radius 2 is 1.85 bits per heavy atom. The third kappa shape index (κ3) is 3.70. The molecule has 27 heavy (non-hydrogen) atoms. The Balaban J connectivity index is 1.79. The fourth-order valence-corrected chi connectivity index (χ4v) is 2.59. The van der Waals surface area contributed by atoms with Gasteiger partial charge in [0.2, 0.25) is 0 Å². The molecule has 1 fully saturated rings. The number of halogens is 1. The van der Waals surface area contributed by atoms with Gasteiger partial charge in [0, 0.05) is 6.20 Å². The number of hydrogen-bond acceptors (Lipinski definition) is 5. The van der Waals surface area contributed by atoms with Crippen molar-refractivity contribution in [3.05, 3.63) is 53.5 Å². The first-order chi connectivity index (χ1) is 12.6. The summed E-state index contributed by atoms with van der Waals surface area (Å²) in [6, 6.07) is 9.07. The maximum atomic E-state index is 14.5. The van der Waals surface area contributed by atoms with Gasteiger partial charge in [0.1, 0.15) is 11.6 Å². The van der Waals surface area contributed by atoms with E-state index in [2.05, 4.69) is 10.3 Å². The minimum absolute atomic E-state index is 0.139. The van der Waals surface area contributed by atoms with Crippen LogP contribution >= 0.6 is 0 Å². The van der Waals surface area contributed by atoms with Crippen molar-refractivity contribution in [1.29, 1.82) is 5.26 Å². The first-order valence-electron chi connectivity index (χ1n) is 8.45. The van der Waals surface area contributed by atoms with Crippen molar-refractivity contribution in [2.45, 2.75) is 38.9 Å². The van der Waals surface area contributed by atoms with Crippen LogP contribution in [-0.4, -0.2) is 29.2 Å². The highest BCUT2D eigenvalue weighted by Gasteiger charge is 2.51. The van der Waals surface area contributed by atoms with Crippen LogP contribution in [0.5, 0.6) is 0 Å². The maximum absolute atomic E-state index is 14.5. The Bertz CT molecular complexity index is 924. The van der Waals surface area contributed by atoms with E-state index >= 15 is 0 Å². The lowest BCUT2D eigenvalue weighted by atomic mass is 9.78. The zero-order valence-corrected chi connectivity index (χ0v) is 15.5. The van der Waals surface area contributed by atoms with Gasteiger partial charge in [-0.3, -0.25) is 4.79 Å². The van der Waals surface area contributed by atoms with Gasteiger partial charge in [0.25, 0.3) is 5.91 Å². The summed E-state index contributed by atoms with van der Waals surface area (Å²) in [5, 5.41) is 11.4. The standard InChI is InChI=1S/C19H19BFN3O3/c1-18(2)19(3,4)27-20(26-18)13-5-6-14(15(21)10-13)17(25)24-16-9-12(11-22)7-8-23-16/h5-10H,1-4H3,(H,23,24,25). The molecule has 0 atom stereocenters. The molecule has 1 aliphatic heterocycles. The summed E-state index contributed by atoms with van der Waals surface area (Å²) < 4.78 is 26.3. The number of carbonyl (C=O) groups is 1. The lowest BCUT2D eigenvalue weighted by molar-refractivity contribution is 0.00578. The van der Waals surface area contributed by atoms with E-state index in [0.717, 1.165) is 0 Å². The van der Waals surface area contributed by atoms with Gasteiger partial charge < -0.3 is 14.6 Å². The summed E-state index contributed by atoms with van der Waals surface area (Å²) in [5.41, 5.74) is -0.382. The number of nitrogens with one attached hydrogen (secondary N) is 1. The van der Waals surface area contributed by atoms with Gasteiger partial charge in [-0.2, -0.15) is 5.26 Å². The summed E-state index contributed by atoms with van der Waals surface area (Å²) in [5.74, 6) is -1.18. The molecule has 0 unspecified atom stereocenters. The van der Waals surface area contributed by atoms with Crippen molar-refractivity contribution in [3.8, 4) is 6.07 Å². The number of hydrogen-bond donors (Lipinski definition) is 1. The Hall–Kier alpha value is -2.76. The van der Waals surface area contributed by atoms with Crippen molar-refractivity contribution in [1.82, 2.24) is 4.98 Å². The average Bonchev–Trinajstić information content (AvgIpc) is 2.82. The molecule has 8 heteroatoms. The molecule has 0 radical (unpaired) electrons. The molecule has 138 valence electrons. The van der Waals surface area contributed by atoms with E-state index in [0.29, 0.717) is 11.0 Å². The lowest BCUT2D eigenvalue weighted by Gasteiger charge is -2.32. The van der Waals surface area contributed by atoms with Gasteiger partial charge in [-0.15, -0.1) is 0 Å². The van der Waals surface area contributed by atoms with Crippen molar-refractivity contribution in [2.24, 2.45) is 0 Å². The second kappa shape index (κ2) is 6.76. The molecule has 1 aromatic carbocycles. The Morgan fingerprint density at radius 3 is 2.44 bits per heavy atom. The van der Waals surface area contributed by atoms with Crippen molar-refractivity contribution < 1.29 is 18.5 Å². The molecule has 2 aromatic rings. The van der Waals surface area contributed by atoms with E-state index in [-0.39, 0.29) is 11.4 Å². The average molecular weight is 367 g/mol. The Labute approximate surface area is 157 Å². The summed E-state index contributed by atoms with van der Waals surface area (Å²) in [6.45, 7) is 7.64. The summed E-state index contributed by atoms with van der Waals surface area (Å²) in [7, 11) is -0.712. The van der Waals surface area contributed by atoms with Gasteiger partial charge in [0.05, 0.1) is 28.4 Å². The number of benzene rings is 1. The predicted octanol–water partition coefficient (Wildman–Crippen LogP) is 2.64. The first kappa shape index (κ1) is 19.0. The van der Waals surface area contributed by atoms with Crippen molar-refractivity contribution >= 4 is 24.3 Å². The Kier molecular flexibility index (Phi) is 4.76. The molecule has 0 bridgehead atoms. The largest absolute Gasteiger partial charge is 0.494 e. The number of aromatic nitrogens is 1. The van der Waals surface area contributed by atoms with E-state index in [1.807, 2.05) is 33.8 Å². The van der Waals surface area contributed by atoms with Gasteiger partial charge in [0.15, 0.2) is 0 Å². The second-order valence-electron chi connectivity index (χ2n) is 7.32. The molecule has 6 nitrogen and oxygen atoms in total. The molecule has 1 saturated heterocycles. The number of nitriles is 1. The highest BCUT2D eigenvalue weighted by atomic mass is 19.1. The zero-order chi connectivity index (χ0) is 19.8. The molecule has 0 saturated carbocycles. The van der Waals surface area contributed by atoms with Gasteiger partial charge in [-0.05, 0) is 57.4 Å². The first-order valence-corrected chi connectivity index (χ1v) is 8.45. The number of carbonyl (C=O) groups excluding carboxylic acids is 1. The molecular formula is C19H19BFN3O3. The number of rotatable bonds is 3. The number of nitrogens with zero attached hydrogens (tertiary/aromatic N) is 2. The third-order valence-electron chi connectivity index (χ3n) is 4.89. The van der Waals surface area contributed by atoms with E-state index < -0.39 is 30.0 Å². The summed E-state index contributed by atoms with van der Waals surface area (Å²) >= 11 is 0. The normalized spacial score (nSPS) is 17.4. The van der Waals surface area contributed by atoms with Crippen molar-refractivity contribution in [3.63, 3.8) is 0 Å². The SMILES string of the molecule is CC1(C)OB(c2ccc(C(=O)Nc3cc(C#N)ccn3)c(F)c2)OC1(C)C. The molecule has 0 aliphatic carbocycles. The summed E-state index contributed by atoms with van der Waals surface area (Å²) in [6.07, 6.45) is 1.39. The minimum atomic E-state index is -0.712. The molecule has 3 rings (SSSR count). The van der Waals surface area contributed by atoms with E-state index in [1.54, 1.807) is 6.07 Å². The minimum Gasteiger partial charge on any atom is -0.399 e. The fourth-order valence-electron chi connectivity index (χ4n) is 2.59. The van der Waals surface area contributed by atoms with Crippen LogP contribution in [0.15, 0.2) is 36.5 Å². The number of anilines is 1. The third-order valence-corrected chi connectivity index (χ3v) is 4.89.